The quantitative estimate of drug-likeness (QED) is 0.883. The Bertz CT molecular complexity index is 584. The molecule has 1 amide bonds. The highest BCUT2D eigenvalue weighted by Crippen LogP contribution is 2.09. The third-order valence-corrected chi connectivity index (χ3v) is 3.20. The first-order chi connectivity index (χ1) is 10.2. The molecule has 0 fully saturated rings. The van der Waals surface area contributed by atoms with Gasteiger partial charge < -0.3 is 10.2 Å². The minimum atomic E-state index is 0.0738. The highest BCUT2D eigenvalue weighted by Gasteiger charge is 2.14. The van der Waals surface area contributed by atoms with E-state index in [1.807, 2.05) is 60.4 Å². The van der Waals surface area contributed by atoms with Crippen molar-refractivity contribution in [2.45, 2.75) is 20.0 Å². The Labute approximate surface area is 125 Å². The molecule has 0 atom stereocenters. The molecule has 0 aliphatic heterocycles. The highest BCUT2D eigenvalue weighted by atomic mass is 16.2. The molecule has 0 spiro atoms. The van der Waals surface area contributed by atoms with E-state index in [1.54, 1.807) is 7.05 Å². The predicted molar refractivity (Wildman–Crippen MR) is 83.6 cm³/mol. The number of carbonyl (C=O) groups excluding carboxylic acids is 1. The number of hydrogen-bond donors (Lipinski definition) is 1. The number of hydrogen-bond acceptors (Lipinski definition) is 3. The van der Waals surface area contributed by atoms with Crippen molar-refractivity contribution in [2.24, 2.45) is 0 Å². The average molecular weight is 283 g/mol. The molecule has 21 heavy (non-hydrogen) atoms. The molecule has 4 nitrogen and oxygen atoms in total. The van der Waals surface area contributed by atoms with Gasteiger partial charge in [0.2, 0.25) is 5.91 Å². The number of nitrogens with one attached hydrogen (secondary N) is 1. The summed E-state index contributed by atoms with van der Waals surface area (Å²) >= 11 is 0. The summed E-state index contributed by atoms with van der Waals surface area (Å²) in [6.45, 7) is 3.41. The number of carbonyl (C=O) groups is 1. The summed E-state index contributed by atoms with van der Waals surface area (Å²) in [6, 6.07) is 15.9. The van der Waals surface area contributed by atoms with Crippen LogP contribution in [0, 0.1) is 6.92 Å². The maximum absolute atomic E-state index is 12.3. The summed E-state index contributed by atoms with van der Waals surface area (Å²) in [6.07, 6.45) is 0. The van der Waals surface area contributed by atoms with Crippen LogP contribution in [0.25, 0.3) is 0 Å². The summed E-state index contributed by atoms with van der Waals surface area (Å²) < 4.78 is 0. The maximum atomic E-state index is 12.3. The summed E-state index contributed by atoms with van der Waals surface area (Å²) in [5.74, 6) is 0.0738. The second-order valence-electron chi connectivity index (χ2n) is 5.04. The van der Waals surface area contributed by atoms with Crippen molar-refractivity contribution in [1.82, 2.24) is 15.2 Å². The zero-order chi connectivity index (χ0) is 15.1. The van der Waals surface area contributed by atoms with E-state index in [0.717, 1.165) is 17.0 Å². The van der Waals surface area contributed by atoms with Gasteiger partial charge in [-0.3, -0.25) is 9.78 Å². The van der Waals surface area contributed by atoms with Crippen LogP contribution in [0.15, 0.2) is 48.5 Å². The van der Waals surface area contributed by atoms with Gasteiger partial charge in [-0.15, -0.1) is 0 Å². The van der Waals surface area contributed by atoms with Crippen LogP contribution in [0.1, 0.15) is 17.0 Å². The number of aromatic nitrogens is 1. The van der Waals surface area contributed by atoms with Crippen LogP contribution in [0.3, 0.4) is 0 Å². The number of rotatable bonds is 6. The largest absolute Gasteiger partial charge is 0.331 e. The Hall–Kier alpha value is -2.20. The van der Waals surface area contributed by atoms with Gasteiger partial charge in [0.05, 0.1) is 18.8 Å². The lowest BCUT2D eigenvalue weighted by atomic mass is 10.2. The van der Waals surface area contributed by atoms with Crippen molar-refractivity contribution in [1.29, 1.82) is 0 Å². The summed E-state index contributed by atoms with van der Waals surface area (Å²) in [7, 11) is 1.78. The van der Waals surface area contributed by atoms with Gasteiger partial charge in [-0.05, 0) is 31.7 Å². The summed E-state index contributed by atoms with van der Waals surface area (Å²) in [4.78, 5) is 18.6. The fourth-order valence-corrected chi connectivity index (χ4v) is 2.18. The standard InChI is InChI=1S/C17H21N3O/c1-14-7-6-10-16(19-14)13-20(17(21)11-18-2)12-15-8-4-3-5-9-15/h3-10,18H,11-13H2,1-2H3. The SMILES string of the molecule is CNCC(=O)N(Cc1ccccc1)Cc1cccc(C)n1. The molecule has 1 heterocycles. The van der Waals surface area contributed by atoms with E-state index in [9.17, 15) is 4.79 Å². The number of nitrogens with zero attached hydrogens (tertiary/aromatic N) is 2. The van der Waals surface area contributed by atoms with Crippen molar-refractivity contribution >= 4 is 5.91 Å². The molecule has 2 rings (SSSR count). The zero-order valence-corrected chi connectivity index (χ0v) is 12.5. The normalized spacial score (nSPS) is 10.4. The number of aryl methyl sites for hydroxylation is 1. The van der Waals surface area contributed by atoms with Crippen LogP contribution in [-0.2, 0) is 17.9 Å². The fraction of sp³-hybridized carbons (Fsp3) is 0.294. The average Bonchev–Trinajstić information content (AvgIpc) is 2.48. The van der Waals surface area contributed by atoms with Crippen LogP contribution in [0.2, 0.25) is 0 Å². The molecule has 1 aromatic carbocycles. The van der Waals surface area contributed by atoms with Gasteiger partial charge in [0.1, 0.15) is 0 Å². The molecule has 0 saturated carbocycles. The van der Waals surface area contributed by atoms with Crippen LogP contribution in [0.4, 0.5) is 0 Å². The highest BCUT2D eigenvalue weighted by molar-refractivity contribution is 5.78. The number of likely N-dealkylation sites (N-methyl/N-ethyl adjacent to an activating group) is 1. The van der Waals surface area contributed by atoms with Crippen molar-refractivity contribution in [3.8, 4) is 0 Å². The Balaban J connectivity index is 2.14. The Morgan fingerprint density at radius 2 is 1.86 bits per heavy atom. The molecule has 2 aromatic rings. The molecule has 0 radical (unpaired) electrons. The molecule has 110 valence electrons. The second kappa shape index (κ2) is 7.55. The molecule has 0 bridgehead atoms. The molecule has 0 aliphatic rings. The zero-order valence-electron chi connectivity index (χ0n) is 12.5. The Kier molecular flexibility index (Phi) is 5.46. The molecule has 4 heteroatoms. The minimum Gasteiger partial charge on any atom is -0.331 e. The topological polar surface area (TPSA) is 45.2 Å². The molecular formula is C17H21N3O. The first kappa shape index (κ1) is 15.2. The smallest absolute Gasteiger partial charge is 0.237 e. The number of amides is 1. The lowest BCUT2D eigenvalue weighted by Crippen LogP contribution is -2.36. The van der Waals surface area contributed by atoms with E-state index >= 15 is 0 Å². The molecule has 1 aromatic heterocycles. The summed E-state index contributed by atoms with van der Waals surface area (Å²) in [5.41, 5.74) is 3.00. The first-order valence-corrected chi connectivity index (χ1v) is 7.08. The Morgan fingerprint density at radius 3 is 2.52 bits per heavy atom. The van der Waals surface area contributed by atoms with Crippen molar-refractivity contribution in [3.05, 3.63) is 65.5 Å². The van der Waals surface area contributed by atoms with Gasteiger partial charge in [0.25, 0.3) is 0 Å². The van der Waals surface area contributed by atoms with Crippen LogP contribution in [0.5, 0.6) is 0 Å². The summed E-state index contributed by atoms with van der Waals surface area (Å²) in [5, 5.41) is 2.92. The van der Waals surface area contributed by atoms with Gasteiger partial charge in [-0.1, -0.05) is 36.4 Å². The van der Waals surface area contributed by atoms with Gasteiger partial charge in [-0.25, -0.2) is 0 Å². The minimum absolute atomic E-state index is 0.0738. The van der Waals surface area contributed by atoms with Gasteiger partial charge in [-0.2, -0.15) is 0 Å². The third kappa shape index (κ3) is 4.68. The Morgan fingerprint density at radius 1 is 1.10 bits per heavy atom. The van der Waals surface area contributed by atoms with E-state index < -0.39 is 0 Å². The monoisotopic (exact) mass is 283 g/mol. The van der Waals surface area contributed by atoms with E-state index in [1.165, 1.54) is 0 Å². The fourth-order valence-electron chi connectivity index (χ4n) is 2.18. The van der Waals surface area contributed by atoms with E-state index in [-0.39, 0.29) is 5.91 Å². The van der Waals surface area contributed by atoms with Crippen LogP contribution >= 0.6 is 0 Å². The second-order valence-corrected chi connectivity index (χ2v) is 5.04. The maximum Gasteiger partial charge on any atom is 0.237 e. The molecule has 1 N–H and O–H groups in total. The van der Waals surface area contributed by atoms with E-state index in [4.69, 9.17) is 0 Å². The van der Waals surface area contributed by atoms with Crippen LogP contribution in [-0.4, -0.2) is 29.4 Å². The molecule has 0 unspecified atom stereocenters. The predicted octanol–water partition coefficient (Wildman–Crippen LogP) is 2.14. The lowest BCUT2D eigenvalue weighted by Gasteiger charge is -2.22. The first-order valence-electron chi connectivity index (χ1n) is 7.08. The molecule has 0 saturated heterocycles. The van der Waals surface area contributed by atoms with Crippen LogP contribution < -0.4 is 5.32 Å². The van der Waals surface area contributed by atoms with E-state index in [2.05, 4.69) is 10.3 Å². The van der Waals surface area contributed by atoms with Gasteiger partial charge >= 0.3 is 0 Å². The lowest BCUT2D eigenvalue weighted by molar-refractivity contribution is -0.131. The molecule has 0 aliphatic carbocycles. The van der Waals surface area contributed by atoms with Crippen molar-refractivity contribution < 1.29 is 4.79 Å². The van der Waals surface area contributed by atoms with Crippen molar-refractivity contribution in [3.63, 3.8) is 0 Å². The van der Waals surface area contributed by atoms with Gasteiger partial charge in [0.15, 0.2) is 0 Å². The molecular weight excluding hydrogens is 262 g/mol. The number of pyridine rings is 1. The van der Waals surface area contributed by atoms with E-state index in [0.29, 0.717) is 19.6 Å². The number of benzene rings is 1. The van der Waals surface area contributed by atoms with Crippen molar-refractivity contribution in [2.75, 3.05) is 13.6 Å². The van der Waals surface area contributed by atoms with Gasteiger partial charge in [0, 0.05) is 12.2 Å². The third-order valence-electron chi connectivity index (χ3n) is 3.20.